The van der Waals surface area contributed by atoms with Gasteiger partial charge in [-0.3, -0.25) is 14.5 Å². The molecule has 4 unspecified atom stereocenters. The first-order valence-electron chi connectivity index (χ1n) is 9.67. The van der Waals surface area contributed by atoms with E-state index in [1.165, 1.54) is 12.8 Å². The number of hydrogen-bond acceptors (Lipinski definition) is 4. The molecule has 7 nitrogen and oxygen atoms in total. The van der Waals surface area contributed by atoms with Crippen LogP contribution >= 0.6 is 12.4 Å². The van der Waals surface area contributed by atoms with E-state index in [1.807, 2.05) is 6.92 Å². The monoisotopic (exact) mass is 384 g/mol. The molecule has 1 spiro atoms. The number of urea groups is 1. The summed E-state index contributed by atoms with van der Waals surface area (Å²) in [6.07, 6.45) is 7.85. The quantitative estimate of drug-likeness (QED) is 0.640. The van der Waals surface area contributed by atoms with Gasteiger partial charge in [0.1, 0.15) is 12.1 Å². The fourth-order valence-corrected chi connectivity index (χ4v) is 5.23. The average Bonchev–Trinajstić information content (AvgIpc) is 3.03. The van der Waals surface area contributed by atoms with Crippen LogP contribution in [0.5, 0.6) is 0 Å². The molecule has 1 saturated carbocycles. The molecule has 0 aromatic heterocycles. The fraction of sp³-hybridized carbons (Fsp3) is 0.833. The molecule has 3 aliphatic heterocycles. The van der Waals surface area contributed by atoms with E-state index in [9.17, 15) is 14.4 Å². The van der Waals surface area contributed by atoms with Crippen molar-refractivity contribution >= 4 is 30.3 Å². The Bertz CT molecular complexity index is 589. The fourth-order valence-electron chi connectivity index (χ4n) is 5.23. The van der Waals surface area contributed by atoms with Crippen LogP contribution in [0.2, 0.25) is 0 Å². The Hall–Kier alpha value is -1.34. The summed E-state index contributed by atoms with van der Waals surface area (Å²) in [6.45, 7) is 1.85. The van der Waals surface area contributed by atoms with Crippen LogP contribution in [0.3, 0.4) is 0 Å². The lowest BCUT2D eigenvalue weighted by Gasteiger charge is -2.36. The summed E-state index contributed by atoms with van der Waals surface area (Å²) in [6, 6.07) is 0.716. The highest BCUT2D eigenvalue weighted by molar-refractivity contribution is 6.09. The van der Waals surface area contributed by atoms with Gasteiger partial charge in [0.15, 0.2) is 0 Å². The molecule has 8 heteroatoms. The highest BCUT2D eigenvalue weighted by Crippen LogP contribution is 2.38. The zero-order chi connectivity index (χ0) is 17.6. The van der Waals surface area contributed by atoms with Crippen molar-refractivity contribution in [2.45, 2.75) is 82.0 Å². The van der Waals surface area contributed by atoms with Gasteiger partial charge in [0.2, 0.25) is 5.91 Å². The van der Waals surface area contributed by atoms with E-state index >= 15 is 0 Å². The van der Waals surface area contributed by atoms with E-state index in [1.54, 1.807) is 0 Å². The molecule has 3 heterocycles. The van der Waals surface area contributed by atoms with Gasteiger partial charge < -0.3 is 16.0 Å². The average molecular weight is 385 g/mol. The molecule has 0 aromatic rings. The highest BCUT2D eigenvalue weighted by Gasteiger charge is 2.55. The predicted molar refractivity (Wildman–Crippen MR) is 99.0 cm³/mol. The van der Waals surface area contributed by atoms with Gasteiger partial charge in [-0.05, 0) is 44.4 Å². The zero-order valence-electron chi connectivity index (χ0n) is 15.3. The van der Waals surface area contributed by atoms with Gasteiger partial charge in [0.05, 0.1) is 0 Å². The van der Waals surface area contributed by atoms with Crippen molar-refractivity contribution in [1.29, 1.82) is 0 Å². The van der Waals surface area contributed by atoms with E-state index < -0.39 is 11.6 Å². The Balaban J connectivity index is 0.00000196. The van der Waals surface area contributed by atoms with Crippen molar-refractivity contribution in [1.82, 2.24) is 20.9 Å². The van der Waals surface area contributed by atoms with Gasteiger partial charge in [-0.15, -0.1) is 12.4 Å². The van der Waals surface area contributed by atoms with Crippen molar-refractivity contribution in [2.75, 3.05) is 6.54 Å². The number of carbonyl (C=O) groups is 3. The molecule has 4 fully saturated rings. The van der Waals surface area contributed by atoms with Gasteiger partial charge in [-0.1, -0.05) is 19.8 Å². The maximum Gasteiger partial charge on any atom is 0.325 e. The predicted octanol–water partition coefficient (Wildman–Crippen LogP) is 1.31. The van der Waals surface area contributed by atoms with E-state index in [0.29, 0.717) is 18.5 Å². The van der Waals surface area contributed by atoms with Gasteiger partial charge >= 0.3 is 6.03 Å². The van der Waals surface area contributed by atoms with Crippen LogP contribution in [0.15, 0.2) is 0 Å². The van der Waals surface area contributed by atoms with Gasteiger partial charge in [0, 0.05) is 18.1 Å². The van der Waals surface area contributed by atoms with Crippen molar-refractivity contribution in [3.63, 3.8) is 0 Å². The summed E-state index contributed by atoms with van der Waals surface area (Å²) in [4.78, 5) is 38.8. The summed E-state index contributed by atoms with van der Waals surface area (Å²) in [5.41, 5.74) is -0.788. The first kappa shape index (κ1) is 19.4. The van der Waals surface area contributed by atoms with Gasteiger partial charge in [-0.2, -0.15) is 0 Å². The molecule has 4 rings (SSSR count). The molecule has 26 heavy (non-hydrogen) atoms. The molecule has 146 valence electrons. The highest BCUT2D eigenvalue weighted by atomic mass is 35.5. The molecule has 3 N–H and O–H groups in total. The Morgan fingerprint density at radius 1 is 1.19 bits per heavy atom. The van der Waals surface area contributed by atoms with Crippen LogP contribution in [0, 0.1) is 5.92 Å². The van der Waals surface area contributed by atoms with Gasteiger partial charge in [0.25, 0.3) is 5.91 Å². The normalized spacial score (nSPS) is 38.9. The number of rotatable bonds is 3. The van der Waals surface area contributed by atoms with Crippen LogP contribution in [-0.4, -0.2) is 53.0 Å². The number of halogens is 1. The lowest BCUT2D eigenvalue weighted by Crippen LogP contribution is -2.54. The second-order valence-corrected chi connectivity index (χ2v) is 8.31. The van der Waals surface area contributed by atoms with Crippen LogP contribution in [0.1, 0.15) is 58.3 Å². The second-order valence-electron chi connectivity index (χ2n) is 8.31. The molecular formula is C18H29ClN4O3. The summed E-state index contributed by atoms with van der Waals surface area (Å²) in [7, 11) is 0. The summed E-state index contributed by atoms with van der Waals surface area (Å²) >= 11 is 0. The lowest BCUT2D eigenvalue weighted by atomic mass is 9.73. The molecule has 2 bridgehead atoms. The lowest BCUT2D eigenvalue weighted by molar-refractivity contribution is -0.137. The Morgan fingerprint density at radius 2 is 1.88 bits per heavy atom. The molecule has 4 aliphatic rings. The summed E-state index contributed by atoms with van der Waals surface area (Å²) in [5.74, 6) is -0.327. The van der Waals surface area contributed by atoms with Crippen LogP contribution in [0.4, 0.5) is 4.79 Å². The van der Waals surface area contributed by atoms with Crippen molar-refractivity contribution < 1.29 is 14.4 Å². The summed E-state index contributed by atoms with van der Waals surface area (Å²) in [5, 5.41) is 9.48. The number of piperidine rings is 1. The number of nitrogens with one attached hydrogen (secondary N) is 3. The van der Waals surface area contributed by atoms with Crippen LogP contribution in [-0.2, 0) is 9.59 Å². The third-order valence-corrected chi connectivity index (χ3v) is 6.64. The molecule has 4 amide bonds. The maximum absolute atomic E-state index is 12.9. The van der Waals surface area contributed by atoms with Crippen molar-refractivity contribution in [3.05, 3.63) is 0 Å². The summed E-state index contributed by atoms with van der Waals surface area (Å²) < 4.78 is 0. The van der Waals surface area contributed by atoms with E-state index in [2.05, 4.69) is 16.0 Å². The minimum Gasteiger partial charge on any atom is -0.352 e. The molecule has 0 radical (unpaired) electrons. The number of carbonyl (C=O) groups excluding carboxylic acids is 3. The van der Waals surface area contributed by atoms with Crippen LogP contribution < -0.4 is 16.0 Å². The molecule has 3 saturated heterocycles. The SMILES string of the molecule is CC1CCCCC12NC(=O)N(CC(=O)NC1CC3CCC(C1)N3)C2=O.Cl. The number of nitrogens with zero attached hydrogens (tertiary/aromatic N) is 1. The molecule has 4 atom stereocenters. The number of imide groups is 1. The van der Waals surface area contributed by atoms with E-state index in [0.717, 1.165) is 37.0 Å². The van der Waals surface area contributed by atoms with E-state index in [4.69, 9.17) is 0 Å². The minimum absolute atomic E-state index is 0. The molecule has 0 aromatic carbocycles. The smallest absolute Gasteiger partial charge is 0.325 e. The third kappa shape index (κ3) is 3.31. The Labute approximate surface area is 160 Å². The van der Waals surface area contributed by atoms with Crippen LogP contribution in [0.25, 0.3) is 0 Å². The van der Waals surface area contributed by atoms with Crippen molar-refractivity contribution in [3.8, 4) is 0 Å². The zero-order valence-corrected chi connectivity index (χ0v) is 16.1. The number of hydrogen-bond donors (Lipinski definition) is 3. The Morgan fingerprint density at radius 3 is 2.54 bits per heavy atom. The largest absolute Gasteiger partial charge is 0.352 e. The first-order valence-corrected chi connectivity index (χ1v) is 9.67. The Kier molecular flexibility index (Phi) is 5.49. The number of fused-ring (bicyclic) bond motifs is 2. The third-order valence-electron chi connectivity index (χ3n) is 6.64. The van der Waals surface area contributed by atoms with E-state index in [-0.39, 0.29) is 42.7 Å². The molecular weight excluding hydrogens is 356 g/mol. The van der Waals surface area contributed by atoms with Crippen molar-refractivity contribution in [2.24, 2.45) is 5.92 Å². The minimum atomic E-state index is -0.788. The first-order chi connectivity index (χ1) is 12.0. The standard InChI is InChI=1S/C18H28N4O3.ClH/c1-11-4-2-3-7-18(11)16(24)22(17(25)21-18)10-15(23)20-14-8-12-5-6-13(9-14)19-12;/h11-14,19H,2-10H2,1H3,(H,20,23)(H,21,25);1H. The van der Waals surface area contributed by atoms with Gasteiger partial charge in [-0.25, -0.2) is 4.79 Å². The molecule has 1 aliphatic carbocycles. The number of amides is 4. The second kappa shape index (κ2) is 7.35. The maximum atomic E-state index is 12.9. The topological polar surface area (TPSA) is 90.5 Å².